The van der Waals surface area contributed by atoms with Gasteiger partial charge in [-0.3, -0.25) is 0 Å². The standard InChI is InChI=1S/C12H17Br2NO3S2/c13-11-8-10(12(14)19-11)20(17,18)15(6-7-16)9-4-2-1-3-5-9/h8-9,16H,1-7H2. The van der Waals surface area contributed by atoms with E-state index < -0.39 is 10.0 Å². The predicted molar refractivity (Wildman–Crippen MR) is 87.6 cm³/mol. The van der Waals surface area contributed by atoms with Crippen LogP contribution < -0.4 is 0 Å². The van der Waals surface area contributed by atoms with Crippen LogP contribution in [0.25, 0.3) is 0 Å². The Bertz CT molecular complexity index is 553. The van der Waals surface area contributed by atoms with Gasteiger partial charge >= 0.3 is 0 Å². The van der Waals surface area contributed by atoms with Crippen molar-refractivity contribution in [2.45, 2.75) is 43.0 Å². The summed E-state index contributed by atoms with van der Waals surface area (Å²) < 4.78 is 28.5. The Labute approximate surface area is 140 Å². The smallest absolute Gasteiger partial charge is 0.245 e. The Hall–Kier alpha value is 0.530. The molecular weight excluding hydrogens is 430 g/mol. The van der Waals surface area contributed by atoms with Crippen LogP contribution in [-0.2, 0) is 10.0 Å². The summed E-state index contributed by atoms with van der Waals surface area (Å²) in [6.07, 6.45) is 5.02. The maximum Gasteiger partial charge on any atom is 0.245 e. The van der Waals surface area contributed by atoms with Crippen molar-refractivity contribution in [3.05, 3.63) is 13.6 Å². The molecule has 0 bridgehead atoms. The maximum absolute atomic E-state index is 12.8. The molecule has 114 valence electrons. The van der Waals surface area contributed by atoms with Crippen molar-refractivity contribution < 1.29 is 13.5 Å². The van der Waals surface area contributed by atoms with E-state index in [9.17, 15) is 13.5 Å². The average molecular weight is 447 g/mol. The van der Waals surface area contributed by atoms with Gasteiger partial charge in [0.15, 0.2) is 0 Å². The highest BCUT2D eigenvalue weighted by molar-refractivity contribution is 9.12. The van der Waals surface area contributed by atoms with Crippen LogP contribution in [0.5, 0.6) is 0 Å². The molecule has 1 aromatic rings. The zero-order valence-electron chi connectivity index (χ0n) is 10.9. The number of sulfonamides is 1. The first-order valence-electron chi connectivity index (χ1n) is 6.54. The van der Waals surface area contributed by atoms with Gasteiger partial charge in [-0.25, -0.2) is 8.42 Å². The van der Waals surface area contributed by atoms with E-state index in [2.05, 4.69) is 31.9 Å². The minimum absolute atomic E-state index is 0.00600. The SMILES string of the molecule is O=S(=O)(c1cc(Br)sc1Br)N(CCO)C1CCCCC1. The van der Waals surface area contributed by atoms with Crippen molar-refractivity contribution in [2.24, 2.45) is 0 Å². The molecular formula is C12H17Br2NO3S2. The molecule has 0 aromatic carbocycles. The number of halogens is 2. The maximum atomic E-state index is 12.8. The van der Waals surface area contributed by atoms with Gasteiger partial charge in [-0.15, -0.1) is 11.3 Å². The zero-order valence-corrected chi connectivity index (χ0v) is 15.7. The van der Waals surface area contributed by atoms with E-state index in [1.54, 1.807) is 6.07 Å². The lowest BCUT2D eigenvalue weighted by Gasteiger charge is -2.32. The van der Waals surface area contributed by atoms with Gasteiger partial charge in [0, 0.05) is 12.6 Å². The first kappa shape index (κ1) is 16.9. The monoisotopic (exact) mass is 445 g/mol. The van der Waals surface area contributed by atoms with Gasteiger partial charge in [-0.1, -0.05) is 19.3 Å². The third-order valence-corrected chi connectivity index (χ3v) is 8.22. The highest BCUT2D eigenvalue weighted by atomic mass is 79.9. The van der Waals surface area contributed by atoms with Crippen LogP contribution in [-0.4, -0.2) is 37.0 Å². The van der Waals surface area contributed by atoms with Crippen molar-refractivity contribution >= 4 is 53.2 Å². The summed E-state index contributed by atoms with van der Waals surface area (Å²) in [5.74, 6) is 0. The molecule has 1 fully saturated rings. The first-order chi connectivity index (χ1) is 9.46. The van der Waals surface area contributed by atoms with E-state index in [1.807, 2.05) is 0 Å². The second-order valence-electron chi connectivity index (χ2n) is 4.82. The quantitative estimate of drug-likeness (QED) is 0.751. The molecule has 2 rings (SSSR count). The molecule has 0 spiro atoms. The number of thiophene rings is 1. The van der Waals surface area contributed by atoms with Gasteiger partial charge in [0.25, 0.3) is 0 Å². The summed E-state index contributed by atoms with van der Waals surface area (Å²) in [5, 5.41) is 9.23. The number of aliphatic hydroxyl groups excluding tert-OH is 1. The summed E-state index contributed by atoms with van der Waals surface area (Å²) in [4.78, 5) is 0.286. The van der Waals surface area contributed by atoms with E-state index in [0.29, 0.717) is 3.79 Å². The number of hydrogen-bond acceptors (Lipinski definition) is 4. The lowest BCUT2D eigenvalue weighted by atomic mass is 9.95. The second-order valence-corrected chi connectivity index (χ2v) is 10.4. The van der Waals surface area contributed by atoms with Crippen LogP contribution in [0.3, 0.4) is 0 Å². The molecule has 0 radical (unpaired) electrons. The Balaban J connectivity index is 2.33. The van der Waals surface area contributed by atoms with Crippen molar-refractivity contribution in [3.8, 4) is 0 Å². The molecule has 4 nitrogen and oxygen atoms in total. The van der Waals surface area contributed by atoms with E-state index in [-0.39, 0.29) is 24.1 Å². The molecule has 1 aliphatic rings. The molecule has 0 amide bonds. The molecule has 1 aromatic heterocycles. The molecule has 1 N–H and O–H groups in total. The minimum atomic E-state index is -3.57. The van der Waals surface area contributed by atoms with Crippen LogP contribution in [0.2, 0.25) is 0 Å². The van der Waals surface area contributed by atoms with E-state index >= 15 is 0 Å². The average Bonchev–Trinajstić information content (AvgIpc) is 2.76. The number of aliphatic hydroxyl groups is 1. The molecule has 1 heterocycles. The van der Waals surface area contributed by atoms with Gasteiger partial charge in [0.05, 0.1) is 14.2 Å². The Morgan fingerprint density at radius 2 is 1.95 bits per heavy atom. The van der Waals surface area contributed by atoms with Gasteiger partial charge in [0.1, 0.15) is 4.90 Å². The van der Waals surface area contributed by atoms with E-state index in [4.69, 9.17) is 0 Å². The fraction of sp³-hybridized carbons (Fsp3) is 0.667. The highest BCUT2D eigenvalue weighted by Gasteiger charge is 2.34. The Kier molecular flexibility index (Phi) is 6.08. The third kappa shape index (κ3) is 3.64. The van der Waals surface area contributed by atoms with E-state index in [0.717, 1.165) is 35.9 Å². The summed E-state index contributed by atoms with van der Waals surface area (Å²) >= 11 is 7.98. The Morgan fingerprint density at radius 3 is 2.45 bits per heavy atom. The minimum Gasteiger partial charge on any atom is -0.395 e. The van der Waals surface area contributed by atoms with Crippen molar-refractivity contribution in [2.75, 3.05) is 13.2 Å². The lowest BCUT2D eigenvalue weighted by molar-refractivity contribution is 0.199. The van der Waals surface area contributed by atoms with Gasteiger partial charge in [-0.2, -0.15) is 4.31 Å². The third-order valence-electron chi connectivity index (χ3n) is 3.51. The van der Waals surface area contributed by atoms with Crippen LogP contribution in [0, 0.1) is 0 Å². The van der Waals surface area contributed by atoms with Gasteiger partial charge in [-0.05, 0) is 50.8 Å². The normalized spacial score (nSPS) is 17.8. The topological polar surface area (TPSA) is 57.6 Å². The molecule has 0 saturated heterocycles. The molecule has 0 unspecified atom stereocenters. The first-order valence-corrected chi connectivity index (χ1v) is 10.4. The summed E-state index contributed by atoms with van der Waals surface area (Å²) in [5.41, 5.74) is 0. The van der Waals surface area contributed by atoms with Gasteiger partial charge in [0.2, 0.25) is 10.0 Å². The summed E-state index contributed by atoms with van der Waals surface area (Å²) in [6.45, 7) is 0.00552. The fourth-order valence-electron chi connectivity index (χ4n) is 2.59. The summed E-state index contributed by atoms with van der Waals surface area (Å²) in [7, 11) is -3.57. The molecule has 1 saturated carbocycles. The summed E-state index contributed by atoms with van der Waals surface area (Å²) in [6, 6.07) is 1.63. The predicted octanol–water partition coefficient (Wildman–Crippen LogP) is 3.59. The number of rotatable bonds is 5. The second kappa shape index (κ2) is 7.19. The van der Waals surface area contributed by atoms with Gasteiger partial charge < -0.3 is 5.11 Å². The molecule has 20 heavy (non-hydrogen) atoms. The van der Waals surface area contributed by atoms with Crippen LogP contribution >= 0.6 is 43.2 Å². The highest BCUT2D eigenvalue weighted by Crippen LogP contribution is 2.37. The largest absolute Gasteiger partial charge is 0.395 e. The van der Waals surface area contributed by atoms with E-state index in [1.165, 1.54) is 15.6 Å². The number of nitrogens with zero attached hydrogens (tertiary/aromatic N) is 1. The molecule has 1 aliphatic carbocycles. The lowest BCUT2D eigenvalue weighted by Crippen LogP contribution is -2.43. The molecule has 0 aliphatic heterocycles. The van der Waals surface area contributed by atoms with Crippen molar-refractivity contribution in [1.82, 2.24) is 4.31 Å². The van der Waals surface area contributed by atoms with Crippen molar-refractivity contribution in [1.29, 1.82) is 0 Å². The van der Waals surface area contributed by atoms with Crippen molar-refractivity contribution in [3.63, 3.8) is 0 Å². The fourth-order valence-corrected chi connectivity index (χ4v) is 8.03. The molecule has 0 atom stereocenters. The van der Waals surface area contributed by atoms with Crippen LogP contribution in [0.15, 0.2) is 18.5 Å². The molecule has 8 heteroatoms. The zero-order chi connectivity index (χ0) is 14.8. The number of hydrogen-bond donors (Lipinski definition) is 1. The van der Waals surface area contributed by atoms with Crippen LogP contribution in [0.1, 0.15) is 32.1 Å². The van der Waals surface area contributed by atoms with Crippen LogP contribution in [0.4, 0.5) is 0 Å². The Morgan fingerprint density at radius 1 is 1.30 bits per heavy atom.